The highest BCUT2D eigenvalue weighted by molar-refractivity contribution is 7.92. The van der Waals surface area contributed by atoms with Gasteiger partial charge in [0.2, 0.25) is 11.8 Å². The van der Waals surface area contributed by atoms with E-state index in [1.165, 1.54) is 37.3 Å². The minimum absolute atomic E-state index is 0.00879. The Morgan fingerprint density at radius 1 is 0.857 bits per heavy atom. The van der Waals surface area contributed by atoms with E-state index in [9.17, 15) is 18.0 Å². The van der Waals surface area contributed by atoms with Crippen LogP contribution in [0.1, 0.15) is 32.8 Å². The fourth-order valence-corrected chi connectivity index (χ4v) is 5.67. The minimum atomic E-state index is -4.21. The van der Waals surface area contributed by atoms with Gasteiger partial charge in [-0.05, 0) is 62.2 Å². The summed E-state index contributed by atoms with van der Waals surface area (Å²) in [6, 6.07) is 18.6. The lowest BCUT2D eigenvalue weighted by molar-refractivity contribution is -0.139. The van der Waals surface area contributed by atoms with Gasteiger partial charge < -0.3 is 24.4 Å². The molecule has 0 aliphatic rings. The summed E-state index contributed by atoms with van der Waals surface area (Å²) in [5.41, 5.74) is 0.914. The van der Waals surface area contributed by atoms with Crippen LogP contribution in [0.5, 0.6) is 17.2 Å². The summed E-state index contributed by atoms with van der Waals surface area (Å²) in [4.78, 5) is 28.7. The van der Waals surface area contributed by atoms with Gasteiger partial charge in [-0.2, -0.15) is 0 Å². The van der Waals surface area contributed by atoms with Gasteiger partial charge in [-0.1, -0.05) is 37.3 Å². The van der Waals surface area contributed by atoms with Crippen molar-refractivity contribution in [3.05, 3.63) is 78.4 Å². The second-order valence-corrected chi connectivity index (χ2v) is 11.6. The van der Waals surface area contributed by atoms with Crippen LogP contribution >= 0.6 is 0 Å². The molecule has 0 aliphatic heterocycles. The standard InChI is InChI=1S/C31H39N3O7S/c1-7-22(2)32-31(36)23(3)33(20-24-12-11-13-26(18-24)39-4)30(35)21-34(42(37,38)27-14-9-8-10-15-27)25-16-17-28(40-5)29(19-25)41-6/h8-19,22-23H,7,20-21H2,1-6H3,(H,32,36)/t22-,23-/m1/s1. The molecule has 3 rings (SSSR count). The van der Waals surface area contributed by atoms with E-state index in [0.29, 0.717) is 23.7 Å². The van der Waals surface area contributed by atoms with Crippen LogP contribution < -0.4 is 23.8 Å². The number of rotatable bonds is 14. The molecule has 226 valence electrons. The first-order chi connectivity index (χ1) is 20.0. The van der Waals surface area contributed by atoms with Crippen molar-refractivity contribution in [1.82, 2.24) is 10.2 Å². The predicted octanol–water partition coefficient (Wildman–Crippen LogP) is 4.24. The molecule has 42 heavy (non-hydrogen) atoms. The number of benzene rings is 3. The number of nitrogens with zero attached hydrogens (tertiary/aromatic N) is 2. The molecule has 3 aromatic rings. The number of anilines is 1. The molecule has 0 bridgehead atoms. The smallest absolute Gasteiger partial charge is 0.264 e. The van der Waals surface area contributed by atoms with Crippen LogP contribution in [-0.2, 0) is 26.2 Å². The number of carbonyl (C=O) groups excluding carboxylic acids is 2. The number of ether oxygens (including phenoxy) is 3. The molecule has 0 saturated carbocycles. The van der Waals surface area contributed by atoms with E-state index < -0.39 is 28.5 Å². The molecule has 10 nitrogen and oxygen atoms in total. The van der Waals surface area contributed by atoms with E-state index in [0.717, 1.165) is 9.87 Å². The van der Waals surface area contributed by atoms with Crippen molar-refractivity contribution in [1.29, 1.82) is 0 Å². The average molecular weight is 598 g/mol. The molecule has 0 saturated heterocycles. The molecule has 3 aromatic carbocycles. The Balaban J connectivity index is 2.08. The molecule has 0 aromatic heterocycles. The van der Waals surface area contributed by atoms with Crippen LogP contribution in [0, 0.1) is 0 Å². The summed E-state index contributed by atoms with van der Waals surface area (Å²) >= 11 is 0. The molecule has 11 heteroatoms. The summed E-state index contributed by atoms with van der Waals surface area (Å²) in [5, 5.41) is 2.92. The Kier molecular flexibility index (Phi) is 11.2. The Labute approximate surface area is 248 Å². The SMILES string of the molecule is CC[C@@H](C)NC(=O)[C@@H](C)N(Cc1cccc(OC)c1)C(=O)CN(c1ccc(OC)c(OC)c1)S(=O)(=O)c1ccccc1. The predicted molar refractivity (Wildman–Crippen MR) is 161 cm³/mol. The van der Waals surface area contributed by atoms with Crippen molar-refractivity contribution in [3.8, 4) is 17.2 Å². The van der Waals surface area contributed by atoms with Crippen molar-refractivity contribution < 1.29 is 32.2 Å². The van der Waals surface area contributed by atoms with Gasteiger partial charge >= 0.3 is 0 Å². The van der Waals surface area contributed by atoms with E-state index in [-0.39, 0.29) is 29.1 Å². The molecule has 0 fully saturated rings. The Morgan fingerprint density at radius 3 is 2.17 bits per heavy atom. The molecule has 0 heterocycles. The number of carbonyl (C=O) groups is 2. The molecular weight excluding hydrogens is 558 g/mol. The number of amides is 2. The molecule has 0 aliphatic carbocycles. The van der Waals surface area contributed by atoms with Crippen molar-refractivity contribution in [2.24, 2.45) is 0 Å². The van der Waals surface area contributed by atoms with Gasteiger partial charge in [0.05, 0.1) is 31.9 Å². The third-order valence-corrected chi connectivity index (χ3v) is 8.71. The first kappa shape index (κ1) is 32.3. The summed E-state index contributed by atoms with van der Waals surface area (Å²) < 4.78 is 45.0. The minimum Gasteiger partial charge on any atom is -0.497 e. The molecule has 2 amide bonds. The zero-order valence-electron chi connectivity index (χ0n) is 24.9. The van der Waals surface area contributed by atoms with E-state index in [4.69, 9.17) is 14.2 Å². The highest BCUT2D eigenvalue weighted by Crippen LogP contribution is 2.34. The topological polar surface area (TPSA) is 114 Å². The first-order valence-corrected chi connectivity index (χ1v) is 15.0. The first-order valence-electron chi connectivity index (χ1n) is 13.6. The number of hydrogen-bond donors (Lipinski definition) is 1. The third kappa shape index (κ3) is 7.73. The monoisotopic (exact) mass is 597 g/mol. The largest absolute Gasteiger partial charge is 0.497 e. The van der Waals surface area contributed by atoms with E-state index in [1.807, 2.05) is 19.9 Å². The third-order valence-electron chi connectivity index (χ3n) is 6.92. The van der Waals surface area contributed by atoms with E-state index >= 15 is 0 Å². The summed E-state index contributed by atoms with van der Waals surface area (Å²) in [6.07, 6.45) is 0.713. The van der Waals surface area contributed by atoms with Crippen LogP contribution in [-0.4, -0.2) is 65.1 Å². The number of methoxy groups -OCH3 is 3. The Bertz CT molecular complexity index is 1460. The maximum absolute atomic E-state index is 14.1. The highest BCUT2D eigenvalue weighted by atomic mass is 32.2. The number of hydrogen-bond acceptors (Lipinski definition) is 7. The summed E-state index contributed by atoms with van der Waals surface area (Å²) in [5.74, 6) is 0.378. The van der Waals surface area contributed by atoms with E-state index in [1.54, 1.807) is 62.6 Å². The van der Waals surface area contributed by atoms with Gasteiger partial charge in [-0.15, -0.1) is 0 Å². The van der Waals surface area contributed by atoms with Gasteiger partial charge in [0.15, 0.2) is 11.5 Å². The van der Waals surface area contributed by atoms with Crippen molar-refractivity contribution in [2.45, 2.75) is 50.7 Å². The van der Waals surface area contributed by atoms with Crippen molar-refractivity contribution in [2.75, 3.05) is 32.2 Å². The maximum atomic E-state index is 14.1. The van der Waals surface area contributed by atoms with Gasteiger partial charge in [-0.3, -0.25) is 13.9 Å². The van der Waals surface area contributed by atoms with Crippen molar-refractivity contribution >= 4 is 27.5 Å². The van der Waals surface area contributed by atoms with Gasteiger partial charge in [0.25, 0.3) is 10.0 Å². The number of sulfonamides is 1. The zero-order valence-corrected chi connectivity index (χ0v) is 25.7. The van der Waals surface area contributed by atoms with E-state index in [2.05, 4.69) is 5.32 Å². The van der Waals surface area contributed by atoms with Crippen LogP contribution in [0.3, 0.4) is 0 Å². The maximum Gasteiger partial charge on any atom is 0.264 e. The average Bonchev–Trinajstić information content (AvgIpc) is 3.01. The van der Waals surface area contributed by atoms with Crippen LogP contribution in [0.2, 0.25) is 0 Å². The lowest BCUT2D eigenvalue weighted by Crippen LogP contribution is -2.52. The summed E-state index contributed by atoms with van der Waals surface area (Å²) in [7, 11) is 0.245. The van der Waals surface area contributed by atoms with Crippen LogP contribution in [0.15, 0.2) is 77.7 Å². The normalized spacial score (nSPS) is 12.5. The molecule has 1 N–H and O–H groups in total. The molecule has 0 spiro atoms. The molecular formula is C31H39N3O7S. The second kappa shape index (κ2) is 14.6. The van der Waals surface area contributed by atoms with Crippen LogP contribution in [0.4, 0.5) is 5.69 Å². The molecule has 2 atom stereocenters. The quantitative estimate of drug-likeness (QED) is 0.296. The fourth-order valence-electron chi connectivity index (χ4n) is 4.24. The zero-order chi connectivity index (χ0) is 30.9. The molecule has 0 unspecified atom stereocenters. The lowest BCUT2D eigenvalue weighted by atomic mass is 10.1. The van der Waals surface area contributed by atoms with Gasteiger partial charge in [0, 0.05) is 18.7 Å². The highest BCUT2D eigenvalue weighted by Gasteiger charge is 2.33. The Hall–Kier alpha value is -4.25. The lowest BCUT2D eigenvalue weighted by Gasteiger charge is -2.32. The van der Waals surface area contributed by atoms with Gasteiger partial charge in [-0.25, -0.2) is 8.42 Å². The fraction of sp³-hybridized carbons (Fsp3) is 0.355. The number of nitrogens with one attached hydrogen (secondary N) is 1. The van der Waals surface area contributed by atoms with Crippen molar-refractivity contribution in [3.63, 3.8) is 0 Å². The van der Waals surface area contributed by atoms with Gasteiger partial charge in [0.1, 0.15) is 18.3 Å². The second-order valence-electron chi connectivity index (χ2n) is 9.73. The summed E-state index contributed by atoms with van der Waals surface area (Å²) in [6.45, 7) is 4.93. The molecule has 0 radical (unpaired) electrons. The Morgan fingerprint density at radius 2 is 1.55 bits per heavy atom. The van der Waals surface area contributed by atoms with Crippen LogP contribution in [0.25, 0.3) is 0 Å².